The number of hydrogen-bond acceptors (Lipinski definition) is 4. The lowest BCUT2D eigenvalue weighted by atomic mass is 9.94. The number of sulfonamides is 1. The van der Waals surface area contributed by atoms with E-state index in [1.165, 1.54) is 17.0 Å². The van der Waals surface area contributed by atoms with E-state index in [0.29, 0.717) is 21.3 Å². The van der Waals surface area contributed by atoms with E-state index in [2.05, 4.69) is 5.32 Å². The number of aryl methyl sites for hydroxylation is 1. The second-order valence-electron chi connectivity index (χ2n) is 12.1. The van der Waals surface area contributed by atoms with Crippen molar-refractivity contribution in [2.75, 3.05) is 10.8 Å². The molecule has 1 atom stereocenters. The maximum atomic E-state index is 14.7. The highest BCUT2D eigenvalue weighted by atomic mass is 35.5. The van der Waals surface area contributed by atoms with Gasteiger partial charge < -0.3 is 10.2 Å². The predicted octanol–water partition coefficient (Wildman–Crippen LogP) is 7.84. The average molecular weight is 707 g/mol. The molecule has 4 aromatic rings. The lowest BCUT2D eigenvalue weighted by molar-refractivity contribution is -0.140. The molecule has 1 unspecified atom stereocenters. The number of carbonyl (C=O) groups excluding carboxylic acids is 2. The summed E-state index contributed by atoms with van der Waals surface area (Å²) in [7, 11) is -4.19. The van der Waals surface area contributed by atoms with Crippen LogP contribution in [-0.2, 0) is 39.0 Å². The molecule has 4 aromatic carbocycles. The van der Waals surface area contributed by atoms with Crippen LogP contribution in [0.15, 0.2) is 108 Å². The second kappa shape index (κ2) is 16.5. The summed E-state index contributed by atoms with van der Waals surface area (Å²) < 4.78 is 29.5. The van der Waals surface area contributed by atoms with Gasteiger partial charge in [-0.3, -0.25) is 13.9 Å². The molecule has 1 N–H and O–H groups in total. The number of carbonyl (C=O) groups is 2. The van der Waals surface area contributed by atoms with Crippen LogP contribution in [0.25, 0.3) is 0 Å². The molecule has 10 heteroatoms. The van der Waals surface area contributed by atoms with Gasteiger partial charge in [0, 0.05) is 34.6 Å². The zero-order chi connectivity index (χ0) is 34.1. The summed E-state index contributed by atoms with van der Waals surface area (Å²) in [6.07, 6.45) is 5.89. The smallest absolute Gasteiger partial charge is 0.264 e. The standard InChI is InChI=1S/C38H41Cl2N3O4S/c1-2-28-21-23-31(24-22-28)43(48(46,47)32-17-10-5-11-18-32)27-37(44)42(26-33-34(39)19-12-20-35(33)40)36(25-29-13-6-3-7-14-29)38(45)41-30-15-8-4-9-16-30/h3,5-7,10-14,17-24,30,36H,2,4,8-9,15-16,25-27H2,1H3,(H,41,45). The number of halogens is 2. The molecule has 2 amide bonds. The van der Waals surface area contributed by atoms with Crippen molar-refractivity contribution in [3.05, 3.63) is 130 Å². The molecule has 0 aliphatic heterocycles. The first kappa shape index (κ1) is 35.5. The van der Waals surface area contributed by atoms with Gasteiger partial charge in [0.25, 0.3) is 10.0 Å². The van der Waals surface area contributed by atoms with Crippen molar-refractivity contribution in [3.63, 3.8) is 0 Å². The zero-order valence-corrected chi connectivity index (χ0v) is 29.4. The minimum atomic E-state index is -4.19. The molecule has 0 radical (unpaired) electrons. The Bertz CT molecular complexity index is 1760. The summed E-state index contributed by atoms with van der Waals surface area (Å²) in [5.74, 6) is -0.864. The van der Waals surface area contributed by atoms with Crippen molar-refractivity contribution in [1.82, 2.24) is 10.2 Å². The van der Waals surface area contributed by atoms with Crippen LogP contribution in [0.1, 0.15) is 55.7 Å². The normalized spacial score (nSPS) is 14.2. The van der Waals surface area contributed by atoms with Crippen LogP contribution in [0, 0.1) is 0 Å². The number of hydrogen-bond donors (Lipinski definition) is 1. The Hall–Kier alpha value is -3.85. The first-order valence-electron chi connectivity index (χ1n) is 16.4. The van der Waals surface area contributed by atoms with Crippen LogP contribution in [0.3, 0.4) is 0 Å². The molecule has 0 aromatic heterocycles. The maximum absolute atomic E-state index is 14.7. The second-order valence-corrected chi connectivity index (χ2v) is 14.8. The molecule has 5 rings (SSSR count). The number of benzene rings is 4. The molecular weight excluding hydrogens is 665 g/mol. The monoisotopic (exact) mass is 705 g/mol. The van der Waals surface area contributed by atoms with Gasteiger partial charge in [-0.15, -0.1) is 0 Å². The van der Waals surface area contributed by atoms with Crippen LogP contribution < -0.4 is 9.62 Å². The fourth-order valence-corrected chi connectivity index (χ4v) is 8.05. The summed E-state index contributed by atoms with van der Waals surface area (Å²) in [5, 5.41) is 3.90. The van der Waals surface area contributed by atoms with Crippen molar-refractivity contribution < 1.29 is 18.0 Å². The molecule has 1 saturated carbocycles. The SMILES string of the molecule is CCc1ccc(N(CC(=O)N(Cc2c(Cl)cccc2Cl)C(Cc2ccccc2)C(=O)NC2CCCCC2)S(=O)(=O)c2ccccc2)cc1. The fourth-order valence-electron chi connectivity index (χ4n) is 6.10. The van der Waals surface area contributed by atoms with E-state index >= 15 is 0 Å². The largest absolute Gasteiger partial charge is 0.352 e. The lowest BCUT2D eigenvalue weighted by Gasteiger charge is -2.35. The third kappa shape index (κ3) is 8.78. The highest BCUT2D eigenvalue weighted by molar-refractivity contribution is 7.92. The van der Waals surface area contributed by atoms with Gasteiger partial charge in [0.1, 0.15) is 12.6 Å². The molecule has 1 aliphatic carbocycles. The van der Waals surface area contributed by atoms with Gasteiger partial charge in [0.05, 0.1) is 10.6 Å². The van der Waals surface area contributed by atoms with Crippen LogP contribution >= 0.6 is 23.2 Å². The highest BCUT2D eigenvalue weighted by Gasteiger charge is 2.36. The molecule has 0 spiro atoms. The molecule has 252 valence electrons. The third-order valence-electron chi connectivity index (χ3n) is 8.86. The zero-order valence-electron chi connectivity index (χ0n) is 27.0. The number of anilines is 1. The Morgan fingerprint density at radius 2 is 1.40 bits per heavy atom. The lowest BCUT2D eigenvalue weighted by Crippen LogP contribution is -2.55. The summed E-state index contributed by atoms with van der Waals surface area (Å²) in [4.78, 5) is 30.5. The van der Waals surface area contributed by atoms with Gasteiger partial charge in [0.15, 0.2) is 0 Å². The molecule has 48 heavy (non-hydrogen) atoms. The van der Waals surface area contributed by atoms with Crippen molar-refractivity contribution in [1.29, 1.82) is 0 Å². The van der Waals surface area contributed by atoms with E-state index in [1.54, 1.807) is 48.5 Å². The molecular formula is C38H41Cl2N3O4S. The number of rotatable bonds is 13. The fraction of sp³-hybridized carbons (Fsp3) is 0.316. The Morgan fingerprint density at radius 1 is 0.792 bits per heavy atom. The molecule has 1 fully saturated rings. The molecule has 0 bridgehead atoms. The van der Waals surface area contributed by atoms with Crippen LogP contribution in [-0.4, -0.2) is 43.8 Å². The third-order valence-corrected chi connectivity index (χ3v) is 11.4. The first-order chi connectivity index (χ1) is 23.2. The van der Waals surface area contributed by atoms with E-state index in [4.69, 9.17) is 23.2 Å². The van der Waals surface area contributed by atoms with E-state index in [-0.39, 0.29) is 29.8 Å². The summed E-state index contributed by atoms with van der Waals surface area (Å²) in [6.45, 7) is 1.37. The van der Waals surface area contributed by atoms with Gasteiger partial charge in [-0.05, 0) is 66.8 Å². The number of nitrogens with zero attached hydrogens (tertiary/aromatic N) is 2. The molecule has 7 nitrogen and oxygen atoms in total. The van der Waals surface area contributed by atoms with Crippen molar-refractivity contribution in [3.8, 4) is 0 Å². The van der Waals surface area contributed by atoms with Crippen molar-refractivity contribution in [2.24, 2.45) is 0 Å². The van der Waals surface area contributed by atoms with Gasteiger partial charge in [-0.25, -0.2) is 8.42 Å². The highest BCUT2D eigenvalue weighted by Crippen LogP contribution is 2.29. The van der Waals surface area contributed by atoms with Crippen LogP contribution in [0.4, 0.5) is 5.69 Å². The van der Waals surface area contributed by atoms with Crippen molar-refractivity contribution >= 4 is 50.7 Å². The van der Waals surface area contributed by atoms with E-state index < -0.39 is 28.5 Å². The van der Waals surface area contributed by atoms with Gasteiger partial charge in [-0.1, -0.05) is 116 Å². The quantitative estimate of drug-likeness (QED) is 0.154. The minimum Gasteiger partial charge on any atom is -0.352 e. The van der Waals surface area contributed by atoms with E-state index in [0.717, 1.165) is 54.0 Å². The Labute approximate surface area is 293 Å². The van der Waals surface area contributed by atoms with Crippen LogP contribution in [0.5, 0.6) is 0 Å². The topological polar surface area (TPSA) is 86.8 Å². The Morgan fingerprint density at radius 3 is 2.00 bits per heavy atom. The number of amides is 2. The van der Waals surface area contributed by atoms with Gasteiger partial charge in [-0.2, -0.15) is 0 Å². The van der Waals surface area contributed by atoms with Gasteiger partial charge in [0.2, 0.25) is 11.8 Å². The summed E-state index contributed by atoms with van der Waals surface area (Å²) in [6, 6.07) is 28.7. The molecule has 1 aliphatic rings. The van der Waals surface area contributed by atoms with Crippen molar-refractivity contribution in [2.45, 2.75) is 75.4 Å². The van der Waals surface area contributed by atoms with E-state index in [1.807, 2.05) is 49.4 Å². The molecule has 0 saturated heterocycles. The molecule has 0 heterocycles. The first-order valence-corrected chi connectivity index (χ1v) is 18.6. The van der Waals surface area contributed by atoms with Crippen LogP contribution in [0.2, 0.25) is 10.0 Å². The maximum Gasteiger partial charge on any atom is 0.264 e. The van der Waals surface area contributed by atoms with Gasteiger partial charge >= 0.3 is 0 Å². The number of nitrogens with one attached hydrogen (secondary N) is 1. The summed E-state index contributed by atoms with van der Waals surface area (Å²) >= 11 is 13.3. The Balaban J connectivity index is 1.58. The minimum absolute atomic E-state index is 0.00239. The Kier molecular flexibility index (Phi) is 12.2. The summed E-state index contributed by atoms with van der Waals surface area (Å²) in [5.41, 5.74) is 2.70. The average Bonchev–Trinajstić information content (AvgIpc) is 3.11. The van der Waals surface area contributed by atoms with E-state index in [9.17, 15) is 18.0 Å². The predicted molar refractivity (Wildman–Crippen MR) is 193 cm³/mol.